The molecular formula is C15H18N2O2S. The monoisotopic (exact) mass is 290 g/mol. The molecule has 5 heteroatoms. The molecule has 1 unspecified atom stereocenters. The van der Waals surface area contributed by atoms with Crippen LogP contribution >= 0.6 is 11.3 Å². The molecule has 1 aromatic heterocycles. The molecule has 0 aliphatic rings. The highest BCUT2D eigenvalue weighted by Crippen LogP contribution is 2.22. The molecule has 2 rings (SSSR count). The first kappa shape index (κ1) is 14.7. The van der Waals surface area contributed by atoms with E-state index in [1.807, 2.05) is 11.4 Å². The van der Waals surface area contributed by atoms with Gasteiger partial charge < -0.3 is 5.32 Å². The minimum absolute atomic E-state index is 0.208. The van der Waals surface area contributed by atoms with E-state index in [0.717, 1.165) is 18.5 Å². The van der Waals surface area contributed by atoms with E-state index >= 15 is 0 Å². The molecule has 0 aliphatic heterocycles. The van der Waals surface area contributed by atoms with Gasteiger partial charge in [-0.3, -0.25) is 10.1 Å². The molecule has 0 fully saturated rings. The second-order valence-corrected chi connectivity index (χ2v) is 5.72. The summed E-state index contributed by atoms with van der Waals surface area (Å²) in [5, 5.41) is 16.0. The van der Waals surface area contributed by atoms with Gasteiger partial charge in [-0.25, -0.2) is 0 Å². The molecule has 1 heterocycles. The molecule has 1 atom stereocenters. The van der Waals surface area contributed by atoms with Gasteiger partial charge in [0.2, 0.25) is 0 Å². The van der Waals surface area contributed by atoms with Crippen LogP contribution in [0, 0.1) is 10.1 Å². The largest absolute Gasteiger partial charge is 0.324 e. The maximum atomic E-state index is 10.6. The zero-order chi connectivity index (χ0) is 14.4. The lowest BCUT2D eigenvalue weighted by Gasteiger charge is -2.12. The number of thiophene rings is 1. The number of nitrogens with zero attached hydrogens (tertiary/aromatic N) is 1. The molecule has 0 bridgehead atoms. The summed E-state index contributed by atoms with van der Waals surface area (Å²) >= 11 is 1.18. The van der Waals surface area contributed by atoms with Crippen LogP contribution in [0.4, 0.5) is 5.00 Å². The fraction of sp³-hybridized carbons (Fsp3) is 0.333. The fourth-order valence-corrected chi connectivity index (χ4v) is 2.78. The number of hydrogen-bond acceptors (Lipinski definition) is 4. The third-order valence-corrected chi connectivity index (χ3v) is 4.20. The van der Waals surface area contributed by atoms with Gasteiger partial charge in [-0.15, -0.1) is 0 Å². The average Bonchev–Trinajstić information content (AvgIpc) is 2.93. The van der Waals surface area contributed by atoms with Gasteiger partial charge in [0.05, 0.1) is 4.92 Å². The summed E-state index contributed by atoms with van der Waals surface area (Å²) < 4.78 is 0. The molecule has 2 aromatic rings. The Hall–Kier alpha value is -1.72. The summed E-state index contributed by atoms with van der Waals surface area (Å²) in [7, 11) is 0. The zero-order valence-corrected chi connectivity index (χ0v) is 12.2. The fourth-order valence-electron chi connectivity index (χ4n) is 2.05. The first-order valence-corrected chi connectivity index (χ1v) is 7.52. The Balaban J connectivity index is 1.72. The van der Waals surface area contributed by atoms with Crippen molar-refractivity contribution in [1.29, 1.82) is 0 Å². The van der Waals surface area contributed by atoms with Gasteiger partial charge in [-0.1, -0.05) is 48.6 Å². The quantitative estimate of drug-likeness (QED) is 0.477. The number of benzene rings is 1. The van der Waals surface area contributed by atoms with Crippen molar-refractivity contribution in [2.75, 3.05) is 6.54 Å². The average molecular weight is 290 g/mol. The molecule has 1 aromatic carbocycles. The Morgan fingerprint density at radius 1 is 1.35 bits per heavy atom. The third-order valence-electron chi connectivity index (χ3n) is 3.27. The van der Waals surface area contributed by atoms with E-state index in [-0.39, 0.29) is 9.92 Å². The van der Waals surface area contributed by atoms with E-state index < -0.39 is 0 Å². The molecule has 1 N–H and O–H groups in total. The second-order valence-electron chi connectivity index (χ2n) is 4.83. The SMILES string of the molecule is CC(CCNCc1csc([N+](=O)[O-])c1)c1ccccc1. The maximum absolute atomic E-state index is 10.6. The number of rotatable bonds is 7. The van der Waals surface area contributed by atoms with Gasteiger partial charge in [-0.2, -0.15) is 0 Å². The predicted octanol–water partition coefficient (Wildman–Crippen LogP) is 3.94. The molecule has 0 spiro atoms. The molecule has 20 heavy (non-hydrogen) atoms. The highest BCUT2D eigenvalue weighted by atomic mass is 32.1. The van der Waals surface area contributed by atoms with Gasteiger partial charge in [0, 0.05) is 18.0 Å². The lowest BCUT2D eigenvalue weighted by Crippen LogP contribution is -2.16. The summed E-state index contributed by atoms with van der Waals surface area (Å²) in [5.74, 6) is 0.514. The number of hydrogen-bond donors (Lipinski definition) is 1. The predicted molar refractivity (Wildman–Crippen MR) is 82.2 cm³/mol. The zero-order valence-electron chi connectivity index (χ0n) is 11.4. The minimum Gasteiger partial charge on any atom is -0.313 e. The van der Waals surface area contributed by atoms with Crippen molar-refractivity contribution in [1.82, 2.24) is 5.32 Å². The Bertz CT molecular complexity index is 554. The number of nitrogens with one attached hydrogen (secondary N) is 1. The molecule has 0 saturated heterocycles. The Morgan fingerprint density at radius 2 is 2.10 bits per heavy atom. The summed E-state index contributed by atoms with van der Waals surface area (Å²) in [6.07, 6.45) is 1.05. The van der Waals surface area contributed by atoms with Crippen molar-refractivity contribution < 1.29 is 4.92 Å². The highest BCUT2D eigenvalue weighted by molar-refractivity contribution is 7.13. The Labute approximate surface area is 122 Å². The van der Waals surface area contributed by atoms with Crippen LogP contribution in [0.25, 0.3) is 0 Å². The van der Waals surface area contributed by atoms with Crippen LogP contribution in [0.3, 0.4) is 0 Å². The van der Waals surface area contributed by atoms with Crippen LogP contribution in [0.1, 0.15) is 30.4 Å². The molecule has 0 saturated carbocycles. The van der Waals surface area contributed by atoms with Crippen LogP contribution in [0.5, 0.6) is 0 Å². The molecule has 106 valence electrons. The standard InChI is InChI=1S/C15H18N2O2S/c1-12(14-5-3-2-4-6-14)7-8-16-10-13-9-15(17(18)19)20-11-13/h2-6,9,11-12,16H,7-8,10H2,1H3. The lowest BCUT2D eigenvalue weighted by molar-refractivity contribution is -0.380. The number of nitro groups is 1. The van der Waals surface area contributed by atoms with Crippen molar-refractivity contribution >= 4 is 16.3 Å². The van der Waals surface area contributed by atoms with E-state index in [0.29, 0.717) is 12.5 Å². The van der Waals surface area contributed by atoms with E-state index in [9.17, 15) is 10.1 Å². The smallest absolute Gasteiger partial charge is 0.313 e. The van der Waals surface area contributed by atoms with Crippen molar-refractivity contribution in [3.8, 4) is 0 Å². The van der Waals surface area contributed by atoms with Gasteiger partial charge in [0.15, 0.2) is 0 Å². The van der Waals surface area contributed by atoms with Gasteiger partial charge in [-0.05, 0) is 30.0 Å². The molecule has 0 amide bonds. The van der Waals surface area contributed by atoms with Crippen molar-refractivity contribution in [3.63, 3.8) is 0 Å². The Kier molecular flexibility index (Phi) is 5.26. The van der Waals surface area contributed by atoms with Gasteiger partial charge in [0.1, 0.15) is 0 Å². The van der Waals surface area contributed by atoms with Crippen LogP contribution < -0.4 is 5.32 Å². The first-order chi connectivity index (χ1) is 9.66. The van der Waals surface area contributed by atoms with Crippen molar-refractivity contribution in [2.45, 2.75) is 25.8 Å². The summed E-state index contributed by atoms with van der Waals surface area (Å²) in [4.78, 5) is 10.2. The molecule has 0 radical (unpaired) electrons. The van der Waals surface area contributed by atoms with Crippen LogP contribution in [-0.2, 0) is 6.54 Å². The van der Waals surface area contributed by atoms with Crippen molar-refractivity contribution in [3.05, 3.63) is 63.0 Å². The molecule has 4 nitrogen and oxygen atoms in total. The normalized spacial score (nSPS) is 12.2. The summed E-state index contributed by atoms with van der Waals surface area (Å²) in [6, 6.07) is 12.1. The summed E-state index contributed by atoms with van der Waals surface area (Å²) in [5.41, 5.74) is 2.33. The van der Waals surface area contributed by atoms with Crippen LogP contribution in [-0.4, -0.2) is 11.5 Å². The molecule has 0 aliphatic carbocycles. The van der Waals surface area contributed by atoms with Gasteiger partial charge >= 0.3 is 5.00 Å². The van der Waals surface area contributed by atoms with E-state index in [2.05, 4.69) is 36.5 Å². The maximum Gasteiger partial charge on any atom is 0.324 e. The topological polar surface area (TPSA) is 55.2 Å². The lowest BCUT2D eigenvalue weighted by atomic mass is 9.98. The third kappa shape index (κ3) is 4.15. The second kappa shape index (κ2) is 7.17. The molecular weight excluding hydrogens is 272 g/mol. The minimum atomic E-state index is -0.342. The van der Waals surface area contributed by atoms with Crippen LogP contribution in [0.2, 0.25) is 0 Å². The van der Waals surface area contributed by atoms with Crippen molar-refractivity contribution in [2.24, 2.45) is 0 Å². The van der Waals surface area contributed by atoms with Gasteiger partial charge in [0.25, 0.3) is 0 Å². The highest BCUT2D eigenvalue weighted by Gasteiger charge is 2.09. The summed E-state index contributed by atoms with van der Waals surface area (Å²) in [6.45, 7) is 3.80. The Morgan fingerprint density at radius 3 is 2.75 bits per heavy atom. The van der Waals surface area contributed by atoms with Crippen LogP contribution in [0.15, 0.2) is 41.8 Å². The van der Waals surface area contributed by atoms with E-state index in [1.165, 1.54) is 16.9 Å². The van der Waals surface area contributed by atoms with E-state index in [1.54, 1.807) is 6.07 Å². The van der Waals surface area contributed by atoms with E-state index in [4.69, 9.17) is 0 Å². The first-order valence-electron chi connectivity index (χ1n) is 6.64.